The minimum atomic E-state index is -2.43. The number of likely N-dealkylation sites (tertiary alicyclic amines) is 1. The molecule has 1 N–H and O–H groups in total. The van der Waals surface area contributed by atoms with Crippen LogP contribution in [0.25, 0.3) is 11.2 Å². The van der Waals surface area contributed by atoms with E-state index in [9.17, 15) is 8.76 Å². The van der Waals surface area contributed by atoms with E-state index in [0.717, 1.165) is 29.6 Å². The van der Waals surface area contributed by atoms with Crippen molar-refractivity contribution in [3.05, 3.63) is 47.8 Å². The third kappa shape index (κ3) is 4.75. The van der Waals surface area contributed by atoms with Crippen molar-refractivity contribution in [1.82, 2.24) is 19.9 Å². The number of piperidine rings is 1. The highest BCUT2D eigenvalue weighted by molar-refractivity contribution is 7.80. The molecule has 0 radical (unpaired) electrons. The Kier molecular flexibility index (Phi) is 6.21. The van der Waals surface area contributed by atoms with Gasteiger partial charge in [0, 0.05) is 42.8 Å². The van der Waals surface area contributed by atoms with Crippen LogP contribution in [-0.2, 0) is 17.8 Å². The molecule has 0 aliphatic carbocycles. The van der Waals surface area contributed by atoms with E-state index in [1.165, 1.54) is 31.9 Å². The number of rotatable bonds is 6. The van der Waals surface area contributed by atoms with E-state index in [2.05, 4.69) is 37.3 Å². The van der Waals surface area contributed by atoms with E-state index in [1.54, 1.807) is 12.3 Å². The van der Waals surface area contributed by atoms with E-state index >= 15 is 0 Å². The van der Waals surface area contributed by atoms with Crippen molar-refractivity contribution in [2.45, 2.75) is 32.7 Å². The molecule has 4 rings (SSSR count). The summed E-state index contributed by atoms with van der Waals surface area (Å²) in [5.74, 6) is 0.280. The van der Waals surface area contributed by atoms with Gasteiger partial charge >= 0.3 is 0 Å². The molecule has 3 heterocycles. The molecule has 3 aromatic rings. The summed E-state index contributed by atoms with van der Waals surface area (Å²) in [5.41, 5.74) is 4.52. The maximum atomic E-state index is 11.4. The lowest BCUT2D eigenvalue weighted by molar-refractivity contribution is 0.221. The second kappa shape index (κ2) is 9.03. The summed E-state index contributed by atoms with van der Waals surface area (Å²) in [6.45, 7) is 5.04. The van der Waals surface area contributed by atoms with Crippen molar-refractivity contribution in [3.63, 3.8) is 0 Å². The number of nitrogens with one attached hydrogen (secondary N) is 1. The number of hydrogen-bond acceptors (Lipinski definition) is 7. The first-order chi connectivity index (χ1) is 14.5. The monoisotopic (exact) mass is 425 g/mol. The highest BCUT2D eigenvalue weighted by atomic mass is 32.2. The van der Waals surface area contributed by atoms with Gasteiger partial charge < -0.3 is 9.87 Å². The zero-order valence-electron chi connectivity index (χ0n) is 17.2. The van der Waals surface area contributed by atoms with Crippen LogP contribution >= 0.6 is 0 Å². The highest BCUT2D eigenvalue weighted by Crippen LogP contribution is 2.28. The fourth-order valence-electron chi connectivity index (χ4n) is 3.68. The lowest BCUT2D eigenvalue weighted by atomic mass is 10.1. The third-order valence-corrected chi connectivity index (χ3v) is 5.86. The largest absolute Gasteiger partial charge is 0.755 e. The minimum Gasteiger partial charge on any atom is -0.755 e. The fraction of sp³-hybridized carbons (Fsp3) is 0.381. The number of pyridine rings is 1. The Hall–Kier alpha value is -2.62. The van der Waals surface area contributed by atoms with Crippen LogP contribution in [0.1, 0.15) is 30.5 Å². The van der Waals surface area contributed by atoms with Gasteiger partial charge in [0.05, 0.1) is 11.4 Å². The van der Waals surface area contributed by atoms with Gasteiger partial charge in [-0.1, -0.05) is 18.6 Å². The Morgan fingerprint density at radius 2 is 2.00 bits per heavy atom. The van der Waals surface area contributed by atoms with Crippen molar-refractivity contribution in [2.75, 3.05) is 29.8 Å². The maximum absolute atomic E-state index is 11.4. The molecular weight excluding hydrogens is 400 g/mol. The molecule has 30 heavy (non-hydrogen) atoms. The average Bonchev–Trinajstić information content (AvgIpc) is 2.73. The summed E-state index contributed by atoms with van der Waals surface area (Å²) in [6, 6.07) is 9.95. The van der Waals surface area contributed by atoms with Crippen LogP contribution in [0.3, 0.4) is 0 Å². The topological polar surface area (TPSA) is 97.3 Å². The van der Waals surface area contributed by atoms with Gasteiger partial charge in [0.1, 0.15) is 11.3 Å². The summed E-state index contributed by atoms with van der Waals surface area (Å²) >= 11 is -2.43. The Balaban J connectivity index is 1.65. The molecule has 0 bridgehead atoms. The molecular formula is C21H25N6O2S-. The van der Waals surface area contributed by atoms with E-state index in [-0.39, 0.29) is 5.82 Å². The summed E-state index contributed by atoms with van der Waals surface area (Å²) in [5, 5.41) is 3.39. The van der Waals surface area contributed by atoms with Crippen LogP contribution in [0.2, 0.25) is 0 Å². The zero-order chi connectivity index (χ0) is 21.1. The van der Waals surface area contributed by atoms with E-state index in [0.29, 0.717) is 22.5 Å². The van der Waals surface area contributed by atoms with Gasteiger partial charge in [-0.15, -0.1) is 0 Å². The van der Waals surface area contributed by atoms with Crippen LogP contribution in [-0.4, -0.2) is 48.8 Å². The molecule has 1 aliphatic heterocycles. The quantitative estimate of drug-likeness (QED) is 0.605. The number of nitrogens with zero attached hydrogens (tertiary/aromatic N) is 5. The molecule has 2 aromatic heterocycles. The maximum Gasteiger partial charge on any atom is 0.182 e. The number of fused-ring (bicyclic) bond motifs is 1. The van der Waals surface area contributed by atoms with E-state index in [4.69, 9.17) is 0 Å². The average molecular weight is 426 g/mol. The first kappa shape index (κ1) is 20.6. The summed E-state index contributed by atoms with van der Waals surface area (Å²) < 4.78 is 23.9. The van der Waals surface area contributed by atoms with Crippen molar-refractivity contribution in [2.24, 2.45) is 0 Å². The van der Waals surface area contributed by atoms with Gasteiger partial charge in [0.2, 0.25) is 0 Å². The van der Waals surface area contributed by atoms with Gasteiger partial charge in [-0.25, -0.2) is 15.0 Å². The van der Waals surface area contributed by atoms with Crippen LogP contribution in [0.4, 0.5) is 17.2 Å². The standard InChI is InChI=1S/C21H26N6O2S/c1-15-13-22-20-18(12-19(25-21(20)23-15)26(2)30(28)29)24-17-8-6-7-16(11-17)14-27-9-4-3-5-10-27/h6-8,11-13H,3-5,9-10,14H2,1-2H3,(H,28,29)(H,23,24,25)/p-1. The predicted molar refractivity (Wildman–Crippen MR) is 118 cm³/mol. The van der Waals surface area contributed by atoms with E-state index in [1.807, 2.05) is 19.1 Å². The molecule has 1 aliphatic rings. The van der Waals surface area contributed by atoms with Crippen LogP contribution in [0.15, 0.2) is 36.5 Å². The molecule has 1 fully saturated rings. The fourth-order valence-corrected chi connectivity index (χ4v) is 3.93. The number of anilines is 3. The van der Waals surface area contributed by atoms with Gasteiger partial charge in [0.15, 0.2) is 5.65 Å². The number of aromatic nitrogens is 3. The first-order valence-electron chi connectivity index (χ1n) is 10.1. The first-order valence-corrected chi connectivity index (χ1v) is 11.1. The molecule has 9 heteroatoms. The lowest BCUT2D eigenvalue weighted by Crippen LogP contribution is -2.29. The van der Waals surface area contributed by atoms with Crippen LogP contribution in [0, 0.1) is 6.92 Å². The molecule has 0 amide bonds. The highest BCUT2D eigenvalue weighted by Gasteiger charge is 2.14. The second-order valence-electron chi connectivity index (χ2n) is 7.59. The zero-order valence-corrected chi connectivity index (χ0v) is 18.0. The summed E-state index contributed by atoms with van der Waals surface area (Å²) in [4.78, 5) is 15.7. The SMILES string of the molecule is Cc1cnc2c(Nc3cccc(CN4CCCCC4)c3)cc(N(C)S(=O)[O-])nc2n1. The van der Waals surface area contributed by atoms with Crippen LogP contribution < -0.4 is 9.62 Å². The van der Waals surface area contributed by atoms with Gasteiger partial charge in [-0.3, -0.25) is 13.4 Å². The van der Waals surface area contributed by atoms with Crippen LogP contribution in [0.5, 0.6) is 0 Å². The third-order valence-electron chi connectivity index (χ3n) is 5.23. The normalized spacial score (nSPS) is 15.8. The van der Waals surface area contributed by atoms with Gasteiger partial charge in [-0.05, 0) is 50.6 Å². The van der Waals surface area contributed by atoms with Crippen molar-refractivity contribution in [3.8, 4) is 0 Å². The van der Waals surface area contributed by atoms with Crippen molar-refractivity contribution in [1.29, 1.82) is 0 Å². The number of hydrogen-bond donors (Lipinski definition) is 1. The Morgan fingerprint density at radius 3 is 2.77 bits per heavy atom. The van der Waals surface area contributed by atoms with E-state index < -0.39 is 11.3 Å². The molecule has 1 unspecified atom stereocenters. The predicted octanol–water partition coefficient (Wildman–Crippen LogP) is 3.29. The second-order valence-corrected chi connectivity index (χ2v) is 8.57. The molecule has 1 aromatic carbocycles. The summed E-state index contributed by atoms with van der Waals surface area (Å²) in [7, 11) is 1.45. The molecule has 8 nitrogen and oxygen atoms in total. The smallest absolute Gasteiger partial charge is 0.182 e. The van der Waals surface area contributed by atoms with Gasteiger partial charge in [0.25, 0.3) is 0 Å². The molecule has 1 saturated heterocycles. The van der Waals surface area contributed by atoms with Crippen molar-refractivity contribution >= 4 is 39.6 Å². The summed E-state index contributed by atoms with van der Waals surface area (Å²) in [6.07, 6.45) is 5.52. The molecule has 0 spiro atoms. The number of aryl methyl sites for hydroxylation is 1. The molecule has 1 atom stereocenters. The van der Waals surface area contributed by atoms with Crippen molar-refractivity contribution < 1.29 is 8.76 Å². The number of benzene rings is 1. The Labute approximate surface area is 178 Å². The minimum absolute atomic E-state index is 0.280. The molecule has 158 valence electrons. The Bertz CT molecular complexity index is 1070. The lowest BCUT2D eigenvalue weighted by Gasteiger charge is -2.26. The Morgan fingerprint density at radius 1 is 1.20 bits per heavy atom. The molecule has 0 saturated carbocycles. The van der Waals surface area contributed by atoms with Gasteiger partial charge in [-0.2, -0.15) is 0 Å².